The molecule has 2 heterocycles. The first-order chi connectivity index (χ1) is 6.60. The lowest BCUT2D eigenvalue weighted by atomic mass is 10.1. The van der Waals surface area contributed by atoms with Crippen molar-refractivity contribution in [2.24, 2.45) is 0 Å². The number of aryl methyl sites for hydroxylation is 1. The Kier molecular flexibility index (Phi) is 2.11. The summed E-state index contributed by atoms with van der Waals surface area (Å²) in [6.07, 6.45) is 3.71. The number of aromatic nitrogens is 4. The summed E-state index contributed by atoms with van der Waals surface area (Å²) in [5.74, 6) is 0. The van der Waals surface area contributed by atoms with Gasteiger partial charge in [-0.3, -0.25) is 4.68 Å². The molecule has 2 aromatic rings. The lowest BCUT2D eigenvalue weighted by Crippen LogP contribution is -2.27. The highest BCUT2D eigenvalue weighted by Crippen LogP contribution is 2.26. The molecule has 14 heavy (non-hydrogen) atoms. The Balaban J connectivity index is 2.42. The Morgan fingerprint density at radius 1 is 1.36 bits per heavy atom. The van der Waals surface area contributed by atoms with E-state index in [9.17, 15) is 0 Å². The maximum Gasteiger partial charge on any atom is 0.144 e. The van der Waals surface area contributed by atoms with Gasteiger partial charge in [-0.05, 0) is 26.8 Å². The van der Waals surface area contributed by atoms with Crippen molar-refractivity contribution < 1.29 is 0 Å². The van der Waals surface area contributed by atoms with Gasteiger partial charge in [0, 0.05) is 12.4 Å². The zero-order valence-corrected chi connectivity index (χ0v) is 9.25. The van der Waals surface area contributed by atoms with Crippen LogP contribution in [0.2, 0.25) is 0 Å². The highest BCUT2D eigenvalue weighted by Gasteiger charge is 2.27. The molecule has 0 aliphatic carbocycles. The highest BCUT2D eigenvalue weighted by molar-refractivity contribution is 7.11. The molecule has 0 aromatic carbocycles. The van der Waals surface area contributed by atoms with E-state index in [-0.39, 0.29) is 5.54 Å². The zero-order chi connectivity index (χ0) is 10.2. The Hall–Kier alpha value is -1.23. The summed E-state index contributed by atoms with van der Waals surface area (Å²) >= 11 is 1.61. The predicted octanol–water partition coefficient (Wildman–Crippen LogP) is 1.83. The second-order valence-corrected chi connectivity index (χ2v) is 4.82. The van der Waals surface area contributed by atoms with Crippen LogP contribution in [0.4, 0.5) is 0 Å². The average Bonchev–Trinajstić information content (AvgIpc) is 2.72. The van der Waals surface area contributed by atoms with Crippen molar-refractivity contribution in [1.29, 1.82) is 0 Å². The fourth-order valence-electron chi connectivity index (χ4n) is 1.24. The molecule has 0 unspecified atom stereocenters. The van der Waals surface area contributed by atoms with Crippen LogP contribution >= 0.6 is 11.3 Å². The third kappa shape index (κ3) is 1.43. The molecule has 0 fully saturated rings. The summed E-state index contributed by atoms with van der Waals surface area (Å²) in [4.78, 5) is 0. The summed E-state index contributed by atoms with van der Waals surface area (Å²) < 4.78 is 1.90. The first-order valence-corrected chi connectivity index (χ1v) is 5.23. The molecule has 4 nitrogen and oxygen atoms in total. The van der Waals surface area contributed by atoms with Gasteiger partial charge in [-0.25, -0.2) is 0 Å². The van der Waals surface area contributed by atoms with E-state index < -0.39 is 0 Å². The van der Waals surface area contributed by atoms with E-state index in [1.165, 1.54) is 0 Å². The number of hydrogen-bond donors (Lipinski definition) is 0. The molecule has 2 rings (SSSR count). The molecule has 0 bridgehead atoms. The lowest BCUT2D eigenvalue weighted by Gasteiger charge is -2.21. The van der Waals surface area contributed by atoms with E-state index in [1.54, 1.807) is 17.5 Å². The minimum atomic E-state index is -0.213. The SMILES string of the molecule is Cc1nnc(C(C)(C)n2cccn2)s1. The van der Waals surface area contributed by atoms with Gasteiger partial charge in [-0.1, -0.05) is 11.3 Å². The predicted molar refractivity (Wildman–Crippen MR) is 55.3 cm³/mol. The van der Waals surface area contributed by atoms with Crippen molar-refractivity contribution in [1.82, 2.24) is 20.0 Å². The molecule has 5 heteroatoms. The van der Waals surface area contributed by atoms with Gasteiger partial charge in [0.15, 0.2) is 0 Å². The largest absolute Gasteiger partial charge is 0.260 e. The third-order valence-electron chi connectivity index (χ3n) is 2.13. The van der Waals surface area contributed by atoms with Gasteiger partial charge in [0.2, 0.25) is 0 Å². The fraction of sp³-hybridized carbons (Fsp3) is 0.444. The molecular formula is C9H12N4S. The smallest absolute Gasteiger partial charge is 0.144 e. The van der Waals surface area contributed by atoms with Gasteiger partial charge in [0.1, 0.15) is 15.6 Å². The van der Waals surface area contributed by atoms with Crippen LogP contribution < -0.4 is 0 Å². The highest BCUT2D eigenvalue weighted by atomic mass is 32.1. The maximum atomic E-state index is 4.23. The van der Waals surface area contributed by atoms with Gasteiger partial charge in [-0.15, -0.1) is 10.2 Å². The van der Waals surface area contributed by atoms with Gasteiger partial charge in [0.25, 0.3) is 0 Å². The molecule has 0 amide bonds. The van der Waals surface area contributed by atoms with E-state index in [1.807, 2.05) is 23.9 Å². The van der Waals surface area contributed by atoms with Crippen LogP contribution in [0.3, 0.4) is 0 Å². The summed E-state index contributed by atoms with van der Waals surface area (Å²) in [7, 11) is 0. The van der Waals surface area contributed by atoms with E-state index >= 15 is 0 Å². The molecule has 74 valence electrons. The quantitative estimate of drug-likeness (QED) is 0.756. The number of rotatable bonds is 2. The Bertz CT molecular complexity index is 416. The molecule has 0 aliphatic heterocycles. The molecular weight excluding hydrogens is 196 g/mol. The van der Waals surface area contributed by atoms with Crippen molar-refractivity contribution in [3.8, 4) is 0 Å². The minimum Gasteiger partial charge on any atom is -0.260 e. The van der Waals surface area contributed by atoms with E-state index in [0.29, 0.717) is 0 Å². The molecule has 0 saturated carbocycles. The summed E-state index contributed by atoms with van der Waals surface area (Å²) in [6.45, 7) is 6.13. The second-order valence-electron chi connectivity index (χ2n) is 3.64. The van der Waals surface area contributed by atoms with Crippen LogP contribution in [-0.4, -0.2) is 20.0 Å². The Labute approximate surface area is 86.6 Å². The lowest BCUT2D eigenvalue weighted by molar-refractivity contribution is 0.386. The van der Waals surface area contributed by atoms with Gasteiger partial charge in [-0.2, -0.15) is 5.10 Å². The number of nitrogens with zero attached hydrogens (tertiary/aromatic N) is 4. The maximum absolute atomic E-state index is 4.23. The molecule has 0 aliphatic rings. The van der Waals surface area contributed by atoms with E-state index in [0.717, 1.165) is 10.0 Å². The topological polar surface area (TPSA) is 43.6 Å². The van der Waals surface area contributed by atoms with Crippen LogP contribution in [0, 0.1) is 6.92 Å². The van der Waals surface area contributed by atoms with Crippen LogP contribution in [0.1, 0.15) is 23.9 Å². The van der Waals surface area contributed by atoms with Crippen LogP contribution in [0.5, 0.6) is 0 Å². The van der Waals surface area contributed by atoms with Crippen molar-refractivity contribution >= 4 is 11.3 Å². The van der Waals surface area contributed by atoms with E-state index in [4.69, 9.17) is 0 Å². The molecule has 0 atom stereocenters. The molecule has 0 radical (unpaired) electrons. The zero-order valence-electron chi connectivity index (χ0n) is 8.43. The number of hydrogen-bond acceptors (Lipinski definition) is 4. The first kappa shape index (κ1) is 9.33. The monoisotopic (exact) mass is 208 g/mol. The van der Waals surface area contributed by atoms with Gasteiger partial charge < -0.3 is 0 Å². The summed E-state index contributed by atoms with van der Waals surface area (Å²) in [5, 5.41) is 14.4. The van der Waals surface area contributed by atoms with Crippen molar-refractivity contribution in [2.45, 2.75) is 26.3 Å². The standard InChI is InChI=1S/C9H12N4S/c1-7-11-12-8(14-7)9(2,3)13-6-4-5-10-13/h4-6H,1-3H3. The van der Waals surface area contributed by atoms with Crippen molar-refractivity contribution in [3.63, 3.8) is 0 Å². The normalized spacial score (nSPS) is 11.9. The van der Waals surface area contributed by atoms with E-state index in [2.05, 4.69) is 29.1 Å². The van der Waals surface area contributed by atoms with Crippen LogP contribution in [0.15, 0.2) is 18.5 Å². The average molecular weight is 208 g/mol. The van der Waals surface area contributed by atoms with Gasteiger partial charge in [0.05, 0.1) is 0 Å². The van der Waals surface area contributed by atoms with Crippen molar-refractivity contribution in [2.75, 3.05) is 0 Å². The second kappa shape index (κ2) is 3.16. The van der Waals surface area contributed by atoms with Crippen LogP contribution in [-0.2, 0) is 5.54 Å². The molecule has 2 aromatic heterocycles. The summed E-state index contributed by atoms with van der Waals surface area (Å²) in [6, 6.07) is 1.91. The molecule has 0 spiro atoms. The molecule has 0 N–H and O–H groups in total. The first-order valence-electron chi connectivity index (χ1n) is 4.41. The van der Waals surface area contributed by atoms with Gasteiger partial charge >= 0.3 is 0 Å². The van der Waals surface area contributed by atoms with Crippen molar-refractivity contribution in [3.05, 3.63) is 28.5 Å². The minimum absolute atomic E-state index is 0.213. The molecule has 0 saturated heterocycles. The Morgan fingerprint density at radius 3 is 2.64 bits per heavy atom. The third-order valence-corrected chi connectivity index (χ3v) is 3.28. The van der Waals surface area contributed by atoms with Crippen LogP contribution in [0.25, 0.3) is 0 Å². The Morgan fingerprint density at radius 2 is 2.14 bits per heavy atom. The summed E-state index contributed by atoms with van der Waals surface area (Å²) in [5.41, 5.74) is -0.213. The fourth-order valence-corrected chi connectivity index (χ4v) is 2.03.